The quantitative estimate of drug-likeness (QED) is 0.793. The standard InChI is InChI=1S/C17H16N2O2S/c1-11-16(12(2)21-19-11)17(20)18-9-13-5-3-4-6-15(13)14-7-8-22-10-14/h3-8,10H,9H2,1-2H3,(H,18,20). The third-order valence-electron chi connectivity index (χ3n) is 3.55. The summed E-state index contributed by atoms with van der Waals surface area (Å²) >= 11 is 1.66. The molecule has 0 radical (unpaired) electrons. The van der Waals surface area contributed by atoms with E-state index in [0.717, 1.165) is 11.1 Å². The minimum atomic E-state index is -0.156. The maximum Gasteiger partial charge on any atom is 0.257 e. The molecule has 0 aliphatic heterocycles. The number of hydrogen-bond acceptors (Lipinski definition) is 4. The summed E-state index contributed by atoms with van der Waals surface area (Å²) in [5.41, 5.74) is 4.53. The first-order chi connectivity index (χ1) is 10.7. The van der Waals surface area contributed by atoms with Gasteiger partial charge in [-0.05, 0) is 47.4 Å². The summed E-state index contributed by atoms with van der Waals surface area (Å²) in [6, 6.07) is 10.2. The number of aromatic nitrogens is 1. The summed E-state index contributed by atoms with van der Waals surface area (Å²) in [6.45, 7) is 3.98. The average Bonchev–Trinajstić information content (AvgIpc) is 3.15. The molecule has 1 amide bonds. The highest BCUT2D eigenvalue weighted by molar-refractivity contribution is 7.08. The second-order valence-electron chi connectivity index (χ2n) is 5.05. The molecule has 2 heterocycles. The fourth-order valence-corrected chi connectivity index (χ4v) is 3.10. The Bertz CT molecular complexity index is 771. The monoisotopic (exact) mass is 312 g/mol. The van der Waals surface area contributed by atoms with Crippen LogP contribution in [0.4, 0.5) is 0 Å². The van der Waals surface area contributed by atoms with Gasteiger partial charge in [-0.1, -0.05) is 29.4 Å². The molecule has 0 fully saturated rings. The smallest absolute Gasteiger partial charge is 0.257 e. The molecule has 3 aromatic rings. The number of carbonyl (C=O) groups is 1. The van der Waals surface area contributed by atoms with Crippen LogP contribution in [0, 0.1) is 13.8 Å². The van der Waals surface area contributed by atoms with E-state index >= 15 is 0 Å². The number of benzene rings is 1. The second-order valence-corrected chi connectivity index (χ2v) is 5.83. The molecule has 0 aliphatic carbocycles. The zero-order valence-electron chi connectivity index (χ0n) is 12.4. The molecular weight excluding hydrogens is 296 g/mol. The van der Waals surface area contributed by atoms with Gasteiger partial charge in [-0.2, -0.15) is 11.3 Å². The molecule has 0 aliphatic rings. The summed E-state index contributed by atoms with van der Waals surface area (Å²) < 4.78 is 5.04. The minimum Gasteiger partial charge on any atom is -0.361 e. The Labute approximate surface area is 132 Å². The minimum absolute atomic E-state index is 0.156. The van der Waals surface area contributed by atoms with Crippen molar-refractivity contribution in [3.05, 3.63) is 63.7 Å². The molecule has 4 nitrogen and oxygen atoms in total. The highest BCUT2D eigenvalue weighted by Crippen LogP contribution is 2.25. The predicted octanol–water partition coefficient (Wildman–Crippen LogP) is 3.95. The molecule has 0 bridgehead atoms. The Kier molecular flexibility index (Phi) is 4.06. The van der Waals surface area contributed by atoms with Crippen LogP contribution in [0.5, 0.6) is 0 Å². The molecule has 0 atom stereocenters. The number of nitrogens with one attached hydrogen (secondary N) is 1. The van der Waals surface area contributed by atoms with Crippen LogP contribution in [0.2, 0.25) is 0 Å². The van der Waals surface area contributed by atoms with Crippen molar-refractivity contribution in [3.8, 4) is 11.1 Å². The van der Waals surface area contributed by atoms with Gasteiger partial charge in [0.2, 0.25) is 0 Å². The van der Waals surface area contributed by atoms with E-state index in [-0.39, 0.29) is 5.91 Å². The fraction of sp³-hybridized carbons (Fsp3) is 0.176. The maximum absolute atomic E-state index is 12.3. The van der Waals surface area contributed by atoms with Crippen molar-refractivity contribution in [2.45, 2.75) is 20.4 Å². The molecule has 2 aromatic heterocycles. The molecule has 0 saturated carbocycles. The lowest BCUT2D eigenvalue weighted by atomic mass is 10.0. The van der Waals surface area contributed by atoms with E-state index in [1.54, 1.807) is 25.2 Å². The third kappa shape index (κ3) is 2.80. The van der Waals surface area contributed by atoms with Gasteiger partial charge in [-0.15, -0.1) is 0 Å². The Morgan fingerprint density at radius 1 is 1.27 bits per heavy atom. The van der Waals surface area contributed by atoms with E-state index in [1.807, 2.05) is 18.2 Å². The molecule has 1 N–H and O–H groups in total. The summed E-state index contributed by atoms with van der Waals surface area (Å²) in [7, 11) is 0. The first-order valence-electron chi connectivity index (χ1n) is 6.98. The van der Waals surface area contributed by atoms with Crippen LogP contribution in [-0.4, -0.2) is 11.1 Å². The topological polar surface area (TPSA) is 55.1 Å². The third-order valence-corrected chi connectivity index (χ3v) is 4.23. The van der Waals surface area contributed by atoms with E-state index < -0.39 is 0 Å². The van der Waals surface area contributed by atoms with Gasteiger partial charge in [0.1, 0.15) is 11.3 Å². The molecule has 1 aromatic carbocycles. The van der Waals surface area contributed by atoms with Crippen LogP contribution < -0.4 is 5.32 Å². The molecule has 5 heteroatoms. The fourth-order valence-electron chi connectivity index (χ4n) is 2.44. The van der Waals surface area contributed by atoms with Gasteiger partial charge in [0.25, 0.3) is 5.91 Å². The molecule has 0 unspecified atom stereocenters. The second kappa shape index (κ2) is 6.15. The largest absolute Gasteiger partial charge is 0.361 e. The van der Waals surface area contributed by atoms with Gasteiger partial charge in [0.05, 0.1) is 5.69 Å². The lowest BCUT2D eigenvalue weighted by Gasteiger charge is -2.09. The van der Waals surface area contributed by atoms with Crippen molar-refractivity contribution in [1.82, 2.24) is 10.5 Å². The zero-order valence-corrected chi connectivity index (χ0v) is 13.2. The van der Waals surface area contributed by atoms with E-state index in [1.165, 1.54) is 5.56 Å². The molecular formula is C17H16N2O2S. The number of aryl methyl sites for hydroxylation is 2. The van der Waals surface area contributed by atoms with Crippen LogP contribution in [0.3, 0.4) is 0 Å². The van der Waals surface area contributed by atoms with Gasteiger partial charge in [-0.3, -0.25) is 4.79 Å². The predicted molar refractivity (Wildman–Crippen MR) is 86.9 cm³/mol. The number of thiophene rings is 1. The Morgan fingerprint density at radius 3 is 2.77 bits per heavy atom. The number of carbonyl (C=O) groups excluding carboxylic acids is 1. The van der Waals surface area contributed by atoms with E-state index in [2.05, 4.69) is 33.4 Å². The van der Waals surface area contributed by atoms with Crippen LogP contribution in [0.1, 0.15) is 27.4 Å². The van der Waals surface area contributed by atoms with Crippen LogP contribution in [-0.2, 0) is 6.54 Å². The molecule has 22 heavy (non-hydrogen) atoms. The van der Waals surface area contributed by atoms with E-state index in [4.69, 9.17) is 4.52 Å². The van der Waals surface area contributed by atoms with Gasteiger partial charge in [0, 0.05) is 6.54 Å². The Hall–Kier alpha value is -2.40. The first kappa shape index (κ1) is 14.5. The molecule has 112 valence electrons. The SMILES string of the molecule is Cc1noc(C)c1C(=O)NCc1ccccc1-c1ccsc1. The number of hydrogen-bond donors (Lipinski definition) is 1. The van der Waals surface area contributed by atoms with Crippen molar-refractivity contribution < 1.29 is 9.32 Å². The summed E-state index contributed by atoms with van der Waals surface area (Å²) in [4.78, 5) is 12.3. The van der Waals surface area contributed by atoms with Gasteiger partial charge >= 0.3 is 0 Å². The zero-order chi connectivity index (χ0) is 15.5. The summed E-state index contributed by atoms with van der Waals surface area (Å²) in [6.07, 6.45) is 0. The van der Waals surface area contributed by atoms with Crippen molar-refractivity contribution in [2.24, 2.45) is 0 Å². The first-order valence-corrected chi connectivity index (χ1v) is 7.92. The summed E-state index contributed by atoms with van der Waals surface area (Å²) in [5, 5.41) is 10.9. The highest BCUT2D eigenvalue weighted by Gasteiger charge is 2.17. The lowest BCUT2D eigenvalue weighted by Crippen LogP contribution is -2.24. The van der Waals surface area contributed by atoms with Crippen molar-refractivity contribution in [2.75, 3.05) is 0 Å². The van der Waals surface area contributed by atoms with Crippen molar-refractivity contribution in [3.63, 3.8) is 0 Å². The number of rotatable bonds is 4. The lowest BCUT2D eigenvalue weighted by molar-refractivity contribution is 0.0949. The Balaban J connectivity index is 1.79. The van der Waals surface area contributed by atoms with Gasteiger partial charge in [0.15, 0.2) is 0 Å². The number of amides is 1. The van der Waals surface area contributed by atoms with E-state index in [0.29, 0.717) is 23.6 Å². The molecule has 3 rings (SSSR count). The van der Waals surface area contributed by atoms with E-state index in [9.17, 15) is 4.79 Å². The Morgan fingerprint density at radius 2 is 2.09 bits per heavy atom. The average molecular weight is 312 g/mol. The number of nitrogens with zero attached hydrogens (tertiary/aromatic N) is 1. The van der Waals surface area contributed by atoms with Crippen LogP contribution >= 0.6 is 11.3 Å². The van der Waals surface area contributed by atoms with Crippen LogP contribution in [0.25, 0.3) is 11.1 Å². The maximum atomic E-state index is 12.3. The van der Waals surface area contributed by atoms with Crippen molar-refractivity contribution in [1.29, 1.82) is 0 Å². The highest BCUT2D eigenvalue weighted by atomic mass is 32.1. The van der Waals surface area contributed by atoms with Crippen molar-refractivity contribution >= 4 is 17.2 Å². The normalized spacial score (nSPS) is 10.6. The molecule has 0 spiro atoms. The molecule has 0 saturated heterocycles. The van der Waals surface area contributed by atoms with Crippen LogP contribution in [0.15, 0.2) is 45.6 Å². The summed E-state index contributed by atoms with van der Waals surface area (Å²) in [5.74, 6) is 0.387. The van der Waals surface area contributed by atoms with Gasteiger partial charge in [-0.25, -0.2) is 0 Å². The van der Waals surface area contributed by atoms with Gasteiger partial charge < -0.3 is 9.84 Å².